The van der Waals surface area contributed by atoms with Crippen molar-refractivity contribution in [3.05, 3.63) is 52.3 Å². The maximum Gasteiger partial charge on any atom is 0.303 e. The molecular formula is C22H25N3O3. The highest BCUT2D eigenvalue weighted by Crippen LogP contribution is 2.41. The molecule has 0 unspecified atom stereocenters. The predicted octanol–water partition coefficient (Wildman–Crippen LogP) is 3.30. The molecule has 2 aliphatic rings. The Kier molecular flexibility index (Phi) is 5.05. The number of hydrogen-bond acceptors (Lipinski definition) is 3. The quantitative estimate of drug-likeness (QED) is 0.600. The molecule has 0 spiro atoms. The molecule has 0 bridgehead atoms. The van der Waals surface area contributed by atoms with E-state index < -0.39 is 5.97 Å². The molecule has 2 aliphatic heterocycles. The largest absolute Gasteiger partial charge is 0.481 e. The normalized spacial score (nSPS) is 18.3. The predicted molar refractivity (Wildman–Crippen MR) is 109 cm³/mol. The maximum absolute atomic E-state index is 12.8. The second-order valence-electron chi connectivity index (χ2n) is 7.59. The lowest BCUT2D eigenvalue weighted by molar-refractivity contribution is -0.137. The van der Waals surface area contributed by atoms with E-state index in [0.717, 1.165) is 54.1 Å². The molecule has 28 heavy (non-hydrogen) atoms. The van der Waals surface area contributed by atoms with Gasteiger partial charge in [-0.2, -0.15) is 0 Å². The number of carboxylic acid groups (broad SMARTS) is 1. The Bertz CT molecular complexity index is 952. The van der Waals surface area contributed by atoms with E-state index in [-0.39, 0.29) is 12.3 Å². The summed E-state index contributed by atoms with van der Waals surface area (Å²) in [5.74, 6) is -0.494. The first-order valence-electron chi connectivity index (χ1n) is 9.80. The third-order valence-electron chi connectivity index (χ3n) is 5.60. The van der Waals surface area contributed by atoms with Crippen LogP contribution in [0.1, 0.15) is 53.3 Å². The van der Waals surface area contributed by atoms with Gasteiger partial charge in [0.05, 0.1) is 5.57 Å². The van der Waals surface area contributed by atoms with E-state index in [1.165, 1.54) is 5.56 Å². The molecule has 0 atom stereocenters. The summed E-state index contributed by atoms with van der Waals surface area (Å²) in [7, 11) is 0. The lowest BCUT2D eigenvalue weighted by Gasteiger charge is -2.25. The van der Waals surface area contributed by atoms with E-state index in [1.54, 1.807) is 0 Å². The maximum atomic E-state index is 12.8. The van der Waals surface area contributed by atoms with Gasteiger partial charge < -0.3 is 20.7 Å². The fourth-order valence-corrected chi connectivity index (χ4v) is 4.28. The molecule has 1 fully saturated rings. The molecule has 6 heteroatoms. The molecule has 3 heterocycles. The minimum Gasteiger partial charge on any atom is -0.481 e. The number of H-pyrrole nitrogens is 1. The van der Waals surface area contributed by atoms with Crippen LogP contribution in [0.5, 0.6) is 0 Å². The number of aryl methyl sites for hydroxylation is 2. The van der Waals surface area contributed by atoms with Gasteiger partial charge in [-0.25, -0.2) is 0 Å². The fraction of sp³-hybridized carbons (Fsp3) is 0.364. The summed E-state index contributed by atoms with van der Waals surface area (Å²) < 4.78 is 0. The molecule has 146 valence electrons. The second kappa shape index (κ2) is 7.64. The number of carbonyl (C=O) groups is 2. The van der Waals surface area contributed by atoms with Crippen LogP contribution in [0.4, 0.5) is 5.69 Å². The Morgan fingerprint density at radius 2 is 2.07 bits per heavy atom. The number of hydrogen-bond donors (Lipinski definition) is 4. The molecule has 4 rings (SSSR count). The number of anilines is 1. The van der Waals surface area contributed by atoms with Crippen LogP contribution < -0.4 is 10.6 Å². The average molecular weight is 379 g/mol. The summed E-state index contributed by atoms with van der Waals surface area (Å²) in [5.41, 5.74) is 6.43. The van der Waals surface area contributed by atoms with Crippen LogP contribution in [-0.4, -0.2) is 35.1 Å². The van der Waals surface area contributed by atoms with E-state index in [0.29, 0.717) is 17.9 Å². The summed E-state index contributed by atoms with van der Waals surface area (Å²) in [4.78, 5) is 27.0. The van der Waals surface area contributed by atoms with Crippen molar-refractivity contribution in [1.82, 2.24) is 10.3 Å². The second-order valence-corrected chi connectivity index (χ2v) is 7.59. The molecule has 1 amide bonds. The molecule has 0 radical (unpaired) electrons. The van der Waals surface area contributed by atoms with Crippen molar-refractivity contribution in [3.63, 3.8) is 0 Å². The number of rotatable bonds is 5. The summed E-state index contributed by atoms with van der Waals surface area (Å²) in [5, 5.41) is 15.4. The van der Waals surface area contributed by atoms with Gasteiger partial charge in [-0.3, -0.25) is 9.59 Å². The Hall–Kier alpha value is -2.86. The first-order chi connectivity index (χ1) is 13.5. The van der Waals surface area contributed by atoms with Crippen LogP contribution in [0.2, 0.25) is 0 Å². The first-order valence-corrected chi connectivity index (χ1v) is 9.80. The highest BCUT2D eigenvalue weighted by atomic mass is 16.4. The Morgan fingerprint density at radius 1 is 1.29 bits per heavy atom. The first kappa shape index (κ1) is 18.5. The highest BCUT2D eigenvalue weighted by molar-refractivity contribution is 6.35. The molecular weight excluding hydrogens is 354 g/mol. The lowest BCUT2D eigenvalue weighted by atomic mass is 9.85. The van der Waals surface area contributed by atoms with Crippen LogP contribution in [0.15, 0.2) is 24.3 Å². The number of nitrogens with one attached hydrogen (secondary N) is 3. The number of aromatic nitrogens is 1. The molecule has 0 aliphatic carbocycles. The van der Waals surface area contributed by atoms with E-state index in [9.17, 15) is 9.59 Å². The van der Waals surface area contributed by atoms with Crippen LogP contribution in [-0.2, 0) is 16.0 Å². The van der Waals surface area contributed by atoms with Gasteiger partial charge in [-0.1, -0.05) is 12.1 Å². The zero-order valence-corrected chi connectivity index (χ0v) is 16.0. The minimum absolute atomic E-state index is 0.0660. The van der Waals surface area contributed by atoms with Crippen LogP contribution in [0.3, 0.4) is 0 Å². The van der Waals surface area contributed by atoms with Crippen LogP contribution in [0.25, 0.3) is 11.6 Å². The smallest absolute Gasteiger partial charge is 0.303 e. The number of carbonyl (C=O) groups excluding carboxylic acids is 1. The van der Waals surface area contributed by atoms with Crippen molar-refractivity contribution in [2.24, 2.45) is 0 Å². The Morgan fingerprint density at radius 3 is 2.82 bits per heavy atom. The third-order valence-corrected chi connectivity index (χ3v) is 5.60. The van der Waals surface area contributed by atoms with Gasteiger partial charge in [0.15, 0.2) is 0 Å². The van der Waals surface area contributed by atoms with E-state index in [4.69, 9.17) is 5.11 Å². The monoisotopic (exact) mass is 379 g/mol. The number of piperidine rings is 1. The molecule has 1 aromatic heterocycles. The molecule has 6 nitrogen and oxygen atoms in total. The Balaban J connectivity index is 1.75. The van der Waals surface area contributed by atoms with Crippen molar-refractivity contribution in [2.45, 2.75) is 38.5 Å². The number of benzene rings is 1. The topological polar surface area (TPSA) is 94.2 Å². The molecule has 4 N–H and O–H groups in total. The van der Waals surface area contributed by atoms with Crippen molar-refractivity contribution >= 4 is 29.2 Å². The zero-order chi connectivity index (χ0) is 19.7. The number of fused-ring (bicyclic) bond motifs is 1. The molecule has 1 saturated heterocycles. The van der Waals surface area contributed by atoms with Gasteiger partial charge in [0.25, 0.3) is 5.91 Å². The van der Waals surface area contributed by atoms with E-state index in [1.807, 2.05) is 31.2 Å². The van der Waals surface area contributed by atoms with Crippen LogP contribution >= 0.6 is 0 Å². The van der Waals surface area contributed by atoms with E-state index >= 15 is 0 Å². The standard InChI is InChI=1S/C22H25N3O3/c1-13-11-15(5-6-20(26)27)19(24-13)12-17-21-16(14-7-9-23-10-8-14)3-2-4-18(21)25-22(17)28/h2-4,11-12,14,23-24H,5-10H2,1H3,(H,25,28)(H,26,27). The van der Waals surface area contributed by atoms with Gasteiger partial charge in [-0.15, -0.1) is 0 Å². The molecule has 2 aromatic rings. The van der Waals surface area contributed by atoms with Crippen molar-refractivity contribution in [2.75, 3.05) is 18.4 Å². The summed E-state index contributed by atoms with van der Waals surface area (Å²) in [6.45, 7) is 3.92. The number of amides is 1. The highest BCUT2D eigenvalue weighted by Gasteiger charge is 2.30. The summed E-state index contributed by atoms with van der Waals surface area (Å²) in [6.07, 6.45) is 4.50. The Labute approximate surface area is 164 Å². The zero-order valence-electron chi connectivity index (χ0n) is 16.0. The van der Waals surface area contributed by atoms with Crippen molar-refractivity contribution < 1.29 is 14.7 Å². The molecule has 0 saturated carbocycles. The van der Waals surface area contributed by atoms with Crippen molar-refractivity contribution in [3.8, 4) is 0 Å². The van der Waals surface area contributed by atoms with Crippen molar-refractivity contribution in [1.29, 1.82) is 0 Å². The minimum atomic E-state index is -0.824. The van der Waals surface area contributed by atoms with Gasteiger partial charge in [0.1, 0.15) is 0 Å². The number of carboxylic acids is 1. The lowest BCUT2D eigenvalue weighted by Crippen LogP contribution is -2.27. The fourth-order valence-electron chi connectivity index (χ4n) is 4.28. The van der Waals surface area contributed by atoms with Gasteiger partial charge >= 0.3 is 5.97 Å². The number of aliphatic carboxylic acids is 1. The van der Waals surface area contributed by atoms with E-state index in [2.05, 4.69) is 21.7 Å². The van der Waals surface area contributed by atoms with Gasteiger partial charge in [-0.05, 0) is 74.5 Å². The van der Waals surface area contributed by atoms with Crippen LogP contribution in [0, 0.1) is 6.92 Å². The average Bonchev–Trinajstić information content (AvgIpc) is 3.20. The van der Waals surface area contributed by atoms with Gasteiger partial charge in [0.2, 0.25) is 0 Å². The summed E-state index contributed by atoms with van der Waals surface area (Å²) in [6, 6.07) is 8.05. The van der Waals surface area contributed by atoms with Gasteiger partial charge in [0, 0.05) is 29.1 Å². The third kappa shape index (κ3) is 3.60. The number of aromatic amines is 1. The SMILES string of the molecule is Cc1cc(CCC(=O)O)c(C=C2C(=O)Nc3cccc(C4CCNCC4)c32)[nH]1. The summed E-state index contributed by atoms with van der Waals surface area (Å²) >= 11 is 0. The molecule has 1 aromatic carbocycles.